The first-order valence-corrected chi connectivity index (χ1v) is 4.21. The molecular formula is C11H12. The fourth-order valence-corrected chi connectivity index (χ4v) is 1.59. The molecule has 0 radical (unpaired) electrons. The van der Waals surface area contributed by atoms with E-state index in [-0.39, 0.29) is 0 Å². The van der Waals surface area contributed by atoms with Crippen molar-refractivity contribution in [2.45, 2.75) is 19.3 Å². The van der Waals surface area contributed by atoms with Crippen LogP contribution in [0.4, 0.5) is 0 Å². The van der Waals surface area contributed by atoms with E-state index in [0.29, 0.717) is 0 Å². The summed E-state index contributed by atoms with van der Waals surface area (Å²) in [5.74, 6) is 0. The summed E-state index contributed by atoms with van der Waals surface area (Å²) in [5, 5.41) is 0. The molecule has 0 heterocycles. The van der Waals surface area contributed by atoms with Crippen LogP contribution < -0.4 is 0 Å². The zero-order chi connectivity index (χ0) is 7.52. The SMILES string of the molecule is C1=C(c2ccccc2)CCC1. The van der Waals surface area contributed by atoms with Gasteiger partial charge in [-0.1, -0.05) is 36.4 Å². The molecule has 0 heteroatoms. The van der Waals surface area contributed by atoms with Gasteiger partial charge in [-0.15, -0.1) is 0 Å². The van der Waals surface area contributed by atoms with E-state index in [1.165, 1.54) is 30.4 Å². The van der Waals surface area contributed by atoms with E-state index in [1.807, 2.05) is 0 Å². The maximum absolute atomic E-state index is 2.36. The highest BCUT2D eigenvalue weighted by Crippen LogP contribution is 2.26. The van der Waals surface area contributed by atoms with Crippen LogP contribution in [0.25, 0.3) is 5.57 Å². The summed E-state index contributed by atoms with van der Waals surface area (Å²) >= 11 is 0. The summed E-state index contributed by atoms with van der Waals surface area (Å²) in [6, 6.07) is 10.7. The number of allylic oxidation sites excluding steroid dienone is 2. The van der Waals surface area contributed by atoms with Crippen molar-refractivity contribution < 1.29 is 0 Å². The summed E-state index contributed by atoms with van der Waals surface area (Å²) in [5.41, 5.74) is 2.94. The van der Waals surface area contributed by atoms with E-state index >= 15 is 0 Å². The van der Waals surface area contributed by atoms with Crippen LogP contribution in [0, 0.1) is 0 Å². The first kappa shape index (κ1) is 6.66. The maximum atomic E-state index is 2.36. The molecule has 0 bridgehead atoms. The molecule has 0 aromatic heterocycles. The Bertz CT molecular complexity index is 257. The Morgan fingerprint density at radius 2 is 1.82 bits per heavy atom. The van der Waals surface area contributed by atoms with Gasteiger partial charge in [-0.25, -0.2) is 0 Å². The lowest BCUT2D eigenvalue weighted by molar-refractivity contribution is 0.935. The Kier molecular flexibility index (Phi) is 1.76. The zero-order valence-electron chi connectivity index (χ0n) is 6.59. The van der Waals surface area contributed by atoms with Crippen molar-refractivity contribution in [3.63, 3.8) is 0 Å². The molecule has 1 aliphatic rings. The van der Waals surface area contributed by atoms with Gasteiger partial charge in [0.1, 0.15) is 0 Å². The monoisotopic (exact) mass is 144 g/mol. The third-order valence-electron chi connectivity index (χ3n) is 2.19. The van der Waals surface area contributed by atoms with Gasteiger partial charge in [0.2, 0.25) is 0 Å². The summed E-state index contributed by atoms with van der Waals surface area (Å²) in [7, 11) is 0. The highest BCUT2D eigenvalue weighted by atomic mass is 14.1. The molecule has 2 rings (SSSR count). The van der Waals surface area contributed by atoms with Crippen molar-refractivity contribution in [2.24, 2.45) is 0 Å². The smallest absolute Gasteiger partial charge is 0.0228 e. The first-order valence-electron chi connectivity index (χ1n) is 4.21. The Labute approximate surface area is 67.6 Å². The van der Waals surface area contributed by atoms with Crippen molar-refractivity contribution in [3.8, 4) is 0 Å². The van der Waals surface area contributed by atoms with Gasteiger partial charge in [-0.2, -0.15) is 0 Å². The van der Waals surface area contributed by atoms with Crippen LogP contribution in [0.1, 0.15) is 24.8 Å². The molecule has 0 saturated heterocycles. The molecule has 0 aliphatic heterocycles. The molecule has 0 fully saturated rings. The fraction of sp³-hybridized carbons (Fsp3) is 0.273. The van der Waals surface area contributed by atoms with E-state index in [0.717, 1.165) is 0 Å². The Morgan fingerprint density at radius 1 is 1.00 bits per heavy atom. The second kappa shape index (κ2) is 2.91. The van der Waals surface area contributed by atoms with E-state index < -0.39 is 0 Å². The lowest BCUT2D eigenvalue weighted by Gasteiger charge is -1.99. The lowest BCUT2D eigenvalue weighted by Crippen LogP contribution is -1.77. The van der Waals surface area contributed by atoms with Gasteiger partial charge < -0.3 is 0 Å². The van der Waals surface area contributed by atoms with Crippen molar-refractivity contribution >= 4 is 5.57 Å². The minimum Gasteiger partial charge on any atom is -0.0807 e. The summed E-state index contributed by atoms with van der Waals surface area (Å²) in [6.07, 6.45) is 6.23. The summed E-state index contributed by atoms with van der Waals surface area (Å²) < 4.78 is 0. The van der Waals surface area contributed by atoms with E-state index in [9.17, 15) is 0 Å². The van der Waals surface area contributed by atoms with Gasteiger partial charge in [0, 0.05) is 0 Å². The van der Waals surface area contributed by atoms with Crippen LogP contribution in [0.3, 0.4) is 0 Å². The van der Waals surface area contributed by atoms with Crippen molar-refractivity contribution in [3.05, 3.63) is 42.0 Å². The van der Waals surface area contributed by atoms with Gasteiger partial charge in [0.25, 0.3) is 0 Å². The third-order valence-corrected chi connectivity index (χ3v) is 2.19. The average molecular weight is 144 g/mol. The number of hydrogen-bond donors (Lipinski definition) is 0. The molecule has 1 aromatic rings. The van der Waals surface area contributed by atoms with Crippen LogP contribution in [0.2, 0.25) is 0 Å². The highest BCUT2D eigenvalue weighted by molar-refractivity contribution is 5.66. The lowest BCUT2D eigenvalue weighted by atomic mass is 10.1. The Morgan fingerprint density at radius 3 is 2.45 bits per heavy atom. The van der Waals surface area contributed by atoms with Gasteiger partial charge in [-0.05, 0) is 30.4 Å². The van der Waals surface area contributed by atoms with Crippen LogP contribution in [0.15, 0.2) is 36.4 Å². The second-order valence-electron chi connectivity index (χ2n) is 2.99. The van der Waals surface area contributed by atoms with Gasteiger partial charge in [0.05, 0.1) is 0 Å². The van der Waals surface area contributed by atoms with Crippen LogP contribution in [-0.2, 0) is 0 Å². The molecule has 0 spiro atoms. The predicted molar refractivity (Wildman–Crippen MR) is 48.3 cm³/mol. The molecular weight excluding hydrogens is 132 g/mol. The largest absolute Gasteiger partial charge is 0.0807 e. The molecule has 0 amide bonds. The molecule has 0 atom stereocenters. The Hall–Kier alpha value is -1.04. The van der Waals surface area contributed by atoms with Gasteiger partial charge in [0.15, 0.2) is 0 Å². The van der Waals surface area contributed by atoms with Crippen LogP contribution >= 0.6 is 0 Å². The molecule has 11 heavy (non-hydrogen) atoms. The van der Waals surface area contributed by atoms with E-state index in [2.05, 4.69) is 36.4 Å². The second-order valence-corrected chi connectivity index (χ2v) is 2.99. The molecule has 1 aliphatic carbocycles. The average Bonchev–Trinajstić information content (AvgIpc) is 2.58. The number of rotatable bonds is 1. The summed E-state index contributed by atoms with van der Waals surface area (Å²) in [6.45, 7) is 0. The molecule has 0 N–H and O–H groups in total. The van der Waals surface area contributed by atoms with Crippen LogP contribution in [0.5, 0.6) is 0 Å². The minimum atomic E-state index is 1.27. The van der Waals surface area contributed by atoms with Gasteiger partial charge in [-0.3, -0.25) is 0 Å². The van der Waals surface area contributed by atoms with E-state index in [1.54, 1.807) is 0 Å². The maximum Gasteiger partial charge on any atom is -0.0228 e. The highest BCUT2D eigenvalue weighted by Gasteiger charge is 2.04. The fourth-order valence-electron chi connectivity index (χ4n) is 1.59. The molecule has 56 valence electrons. The third kappa shape index (κ3) is 1.35. The van der Waals surface area contributed by atoms with Crippen molar-refractivity contribution in [1.82, 2.24) is 0 Å². The van der Waals surface area contributed by atoms with Crippen molar-refractivity contribution in [2.75, 3.05) is 0 Å². The number of hydrogen-bond acceptors (Lipinski definition) is 0. The molecule has 1 aromatic carbocycles. The quantitative estimate of drug-likeness (QED) is 0.567. The summed E-state index contributed by atoms with van der Waals surface area (Å²) in [4.78, 5) is 0. The topological polar surface area (TPSA) is 0 Å². The standard InChI is InChI=1S/C11H12/c1-2-6-10(7-3-1)11-8-4-5-9-11/h1-3,6-8H,4-5,9H2. The molecule has 0 saturated carbocycles. The molecule has 0 unspecified atom stereocenters. The minimum absolute atomic E-state index is 1.27. The first-order chi connectivity index (χ1) is 5.47. The normalized spacial score (nSPS) is 16.5. The van der Waals surface area contributed by atoms with Gasteiger partial charge >= 0.3 is 0 Å². The van der Waals surface area contributed by atoms with E-state index in [4.69, 9.17) is 0 Å². The van der Waals surface area contributed by atoms with Crippen molar-refractivity contribution in [1.29, 1.82) is 0 Å². The van der Waals surface area contributed by atoms with Crippen LogP contribution in [-0.4, -0.2) is 0 Å². The Balaban J connectivity index is 2.29. The predicted octanol–water partition coefficient (Wildman–Crippen LogP) is 3.25. The zero-order valence-corrected chi connectivity index (χ0v) is 6.59. The number of benzene rings is 1. The molecule has 0 nitrogen and oxygen atoms in total.